The van der Waals surface area contributed by atoms with Gasteiger partial charge in [-0.25, -0.2) is 4.98 Å². The summed E-state index contributed by atoms with van der Waals surface area (Å²) in [7, 11) is 0. The van der Waals surface area contributed by atoms with Gasteiger partial charge in [-0.05, 0) is 25.5 Å². The molecular weight excluding hydrogens is 186 g/mol. The topological polar surface area (TPSA) is 29.9 Å². The maximum Gasteiger partial charge on any atom is 0.203 e. The van der Waals surface area contributed by atoms with Crippen molar-refractivity contribution < 1.29 is 0 Å². The van der Waals surface area contributed by atoms with Crippen LogP contribution >= 0.6 is 0 Å². The predicted octanol–water partition coefficient (Wildman–Crippen LogP) is 2.88. The Morgan fingerprint density at radius 2 is 2.07 bits per heavy atom. The van der Waals surface area contributed by atoms with E-state index in [0.29, 0.717) is 0 Å². The van der Waals surface area contributed by atoms with Crippen molar-refractivity contribution in [2.24, 2.45) is 0 Å². The Kier molecular flexibility index (Phi) is 2.90. The van der Waals surface area contributed by atoms with Gasteiger partial charge in [0.05, 0.1) is 11.0 Å². The molecule has 1 aromatic heterocycles. The van der Waals surface area contributed by atoms with Crippen molar-refractivity contribution in [3.8, 4) is 0 Å². The number of rotatable bonds is 4. The number of nitrogens with zero attached hydrogens (tertiary/aromatic N) is 2. The molecule has 3 heteroatoms. The fraction of sp³-hybridized carbons (Fsp3) is 0.417. The molecular formula is C12H17N3. The lowest BCUT2D eigenvalue weighted by atomic mass is 10.3. The Balaban J connectivity index is 2.53. The Morgan fingerprint density at radius 3 is 2.80 bits per heavy atom. The first kappa shape index (κ1) is 10.0. The van der Waals surface area contributed by atoms with Gasteiger partial charge in [0.15, 0.2) is 0 Å². The van der Waals surface area contributed by atoms with Gasteiger partial charge in [0.2, 0.25) is 5.95 Å². The molecule has 1 N–H and O–H groups in total. The van der Waals surface area contributed by atoms with E-state index in [0.717, 1.165) is 31.0 Å². The molecule has 0 radical (unpaired) electrons. The highest BCUT2D eigenvalue weighted by Crippen LogP contribution is 2.19. The van der Waals surface area contributed by atoms with Crippen LogP contribution in [0, 0.1) is 0 Å². The maximum absolute atomic E-state index is 4.57. The number of fused-ring (bicyclic) bond motifs is 1. The van der Waals surface area contributed by atoms with Gasteiger partial charge >= 0.3 is 0 Å². The van der Waals surface area contributed by atoms with Crippen LogP contribution in [0.1, 0.15) is 20.3 Å². The Hall–Kier alpha value is -1.51. The number of imidazole rings is 1. The van der Waals surface area contributed by atoms with Crippen molar-refractivity contribution in [1.29, 1.82) is 0 Å². The van der Waals surface area contributed by atoms with Gasteiger partial charge in [0.25, 0.3) is 0 Å². The first-order chi connectivity index (χ1) is 7.36. The third-order valence-corrected chi connectivity index (χ3v) is 2.44. The van der Waals surface area contributed by atoms with Crippen molar-refractivity contribution in [2.75, 3.05) is 11.9 Å². The van der Waals surface area contributed by atoms with Gasteiger partial charge in [0.1, 0.15) is 0 Å². The lowest BCUT2D eigenvalue weighted by Crippen LogP contribution is -2.06. The summed E-state index contributed by atoms with van der Waals surface area (Å²) in [5.41, 5.74) is 2.29. The highest BCUT2D eigenvalue weighted by molar-refractivity contribution is 5.78. The zero-order valence-electron chi connectivity index (χ0n) is 9.33. The van der Waals surface area contributed by atoms with Crippen LogP contribution in [-0.2, 0) is 6.54 Å². The summed E-state index contributed by atoms with van der Waals surface area (Å²) >= 11 is 0. The minimum Gasteiger partial charge on any atom is -0.356 e. The number of aryl methyl sites for hydroxylation is 1. The smallest absolute Gasteiger partial charge is 0.203 e. The van der Waals surface area contributed by atoms with Crippen LogP contribution in [0.4, 0.5) is 5.95 Å². The minimum atomic E-state index is 0.910. The molecule has 0 aliphatic heterocycles. The molecule has 1 heterocycles. The van der Waals surface area contributed by atoms with Crippen LogP contribution < -0.4 is 5.32 Å². The number of benzene rings is 1. The lowest BCUT2D eigenvalue weighted by Gasteiger charge is -2.07. The summed E-state index contributed by atoms with van der Waals surface area (Å²) in [4.78, 5) is 4.57. The monoisotopic (exact) mass is 203 g/mol. The molecule has 3 nitrogen and oxygen atoms in total. The Morgan fingerprint density at radius 1 is 1.27 bits per heavy atom. The van der Waals surface area contributed by atoms with E-state index in [1.807, 2.05) is 6.07 Å². The van der Waals surface area contributed by atoms with Crippen LogP contribution in [-0.4, -0.2) is 16.1 Å². The number of para-hydroxylation sites is 2. The van der Waals surface area contributed by atoms with E-state index >= 15 is 0 Å². The summed E-state index contributed by atoms with van der Waals surface area (Å²) < 4.78 is 2.25. The summed E-state index contributed by atoms with van der Waals surface area (Å²) in [6.07, 6.45) is 1.12. The van der Waals surface area contributed by atoms with Crippen molar-refractivity contribution >= 4 is 17.0 Å². The van der Waals surface area contributed by atoms with E-state index in [1.54, 1.807) is 0 Å². The standard InChI is InChI=1S/C12H17N3/c1-3-9-15-11-8-6-5-7-10(11)14-12(15)13-4-2/h5-8H,3-4,9H2,1-2H3,(H,13,14). The number of aromatic nitrogens is 2. The summed E-state index contributed by atoms with van der Waals surface area (Å²) in [6, 6.07) is 8.27. The molecule has 0 atom stereocenters. The highest BCUT2D eigenvalue weighted by Gasteiger charge is 2.07. The molecule has 80 valence electrons. The van der Waals surface area contributed by atoms with E-state index in [4.69, 9.17) is 0 Å². The van der Waals surface area contributed by atoms with Crippen LogP contribution in [0.25, 0.3) is 11.0 Å². The van der Waals surface area contributed by atoms with E-state index < -0.39 is 0 Å². The second-order valence-electron chi connectivity index (χ2n) is 3.61. The summed E-state index contributed by atoms with van der Waals surface area (Å²) in [5, 5.41) is 3.30. The third-order valence-electron chi connectivity index (χ3n) is 2.44. The Bertz CT molecular complexity index is 445. The third kappa shape index (κ3) is 1.82. The highest BCUT2D eigenvalue weighted by atomic mass is 15.2. The van der Waals surface area contributed by atoms with Crippen molar-refractivity contribution in [1.82, 2.24) is 9.55 Å². The molecule has 0 bridgehead atoms. The number of hydrogen-bond donors (Lipinski definition) is 1. The summed E-state index contributed by atoms with van der Waals surface area (Å²) in [5.74, 6) is 0.987. The molecule has 2 aromatic rings. The number of anilines is 1. The zero-order chi connectivity index (χ0) is 10.7. The largest absolute Gasteiger partial charge is 0.356 e. The molecule has 0 fully saturated rings. The van der Waals surface area contributed by atoms with Gasteiger partial charge in [-0.15, -0.1) is 0 Å². The quantitative estimate of drug-likeness (QED) is 0.828. The average molecular weight is 203 g/mol. The SMILES string of the molecule is CCCn1c(NCC)nc2ccccc21. The second kappa shape index (κ2) is 4.34. The van der Waals surface area contributed by atoms with Crippen molar-refractivity contribution in [3.05, 3.63) is 24.3 Å². The molecule has 0 aliphatic carbocycles. The van der Waals surface area contributed by atoms with Gasteiger partial charge < -0.3 is 9.88 Å². The van der Waals surface area contributed by atoms with E-state index in [9.17, 15) is 0 Å². The molecule has 0 aliphatic rings. The van der Waals surface area contributed by atoms with Gasteiger partial charge in [-0.3, -0.25) is 0 Å². The van der Waals surface area contributed by atoms with Crippen molar-refractivity contribution in [3.63, 3.8) is 0 Å². The Labute approximate surface area is 90.1 Å². The average Bonchev–Trinajstić information content (AvgIpc) is 2.59. The van der Waals surface area contributed by atoms with Crippen molar-refractivity contribution in [2.45, 2.75) is 26.8 Å². The van der Waals surface area contributed by atoms with E-state index in [-0.39, 0.29) is 0 Å². The predicted molar refractivity (Wildman–Crippen MR) is 64.2 cm³/mol. The van der Waals surface area contributed by atoms with E-state index in [2.05, 4.69) is 46.9 Å². The lowest BCUT2D eigenvalue weighted by molar-refractivity contribution is 0.701. The minimum absolute atomic E-state index is 0.910. The van der Waals surface area contributed by atoms with Gasteiger partial charge in [0, 0.05) is 13.1 Å². The molecule has 0 unspecified atom stereocenters. The number of hydrogen-bond acceptors (Lipinski definition) is 2. The van der Waals surface area contributed by atoms with Crippen LogP contribution in [0.5, 0.6) is 0 Å². The van der Waals surface area contributed by atoms with E-state index in [1.165, 1.54) is 5.52 Å². The molecule has 0 saturated heterocycles. The zero-order valence-corrected chi connectivity index (χ0v) is 9.33. The molecule has 2 rings (SSSR count). The number of nitrogens with one attached hydrogen (secondary N) is 1. The molecule has 0 spiro atoms. The van der Waals surface area contributed by atoms with Gasteiger partial charge in [-0.1, -0.05) is 19.1 Å². The fourth-order valence-corrected chi connectivity index (χ4v) is 1.82. The van der Waals surface area contributed by atoms with Gasteiger partial charge in [-0.2, -0.15) is 0 Å². The molecule has 0 amide bonds. The van der Waals surface area contributed by atoms with Crippen LogP contribution in [0.2, 0.25) is 0 Å². The van der Waals surface area contributed by atoms with Crippen LogP contribution in [0.15, 0.2) is 24.3 Å². The van der Waals surface area contributed by atoms with Crippen LogP contribution in [0.3, 0.4) is 0 Å². The molecule has 1 aromatic carbocycles. The fourth-order valence-electron chi connectivity index (χ4n) is 1.82. The normalized spacial score (nSPS) is 10.8. The first-order valence-corrected chi connectivity index (χ1v) is 5.56. The maximum atomic E-state index is 4.57. The first-order valence-electron chi connectivity index (χ1n) is 5.56. The summed E-state index contributed by atoms with van der Waals surface area (Å²) in [6.45, 7) is 6.20. The molecule has 15 heavy (non-hydrogen) atoms. The molecule has 0 saturated carbocycles. The second-order valence-corrected chi connectivity index (χ2v) is 3.61.